The predicted molar refractivity (Wildman–Crippen MR) is 95.4 cm³/mol. The number of thioether (sulfide) groups is 1. The van der Waals surface area contributed by atoms with Crippen molar-refractivity contribution in [3.8, 4) is 0 Å². The van der Waals surface area contributed by atoms with Crippen LogP contribution in [0.3, 0.4) is 0 Å². The van der Waals surface area contributed by atoms with Crippen molar-refractivity contribution in [3.63, 3.8) is 0 Å². The van der Waals surface area contributed by atoms with Gasteiger partial charge in [0.05, 0.1) is 0 Å². The van der Waals surface area contributed by atoms with Gasteiger partial charge >= 0.3 is 0 Å². The normalized spacial score (nSPS) is 20.5. The summed E-state index contributed by atoms with van der Waals surface area (Å²) in [5, 5.41) is -0.00999. The van der Waals surface area contributed by atoms with Crippen LogP contribution in [0.15, 0.2) is 66.4 Å². The molecule has 2 atom stereocenters. The molecule has 3 heteroatoms. The minimum atomic E-state index is -0.0856. The van der Waals surface area contributed by atoms with Crippen molar-refractivity contribution in [2.45, 2.75) is 25.4 Å². The van der Waals surface area contributed by atoms with Gasteiger partial charge in [-0.15, -0.1) is 0 Å². The number of hydrogen-bond acceptors (Lipinski definition) is 3. The monoisotopic (exact) mass is 324 g/mol. The van der Waals surface area contributed by atoms with Gasteiger partial charge in [-0.05, 0) is 42.4 Å². The average Bonchev–Trinajstić information content (AvgIpc) is 2.61. The zero-order valence-corrected chi connectivity index (χ0v) is 14.2. The van der Waals surface area contributed by atoms with Gasteiger partial charge in [0.1, 0.15) is 6.10 Å². The molecule has 0 aliphatic carbocycles. The van der Waals surface area contributed by atoms with Crippen LogP contribution in [0.25, 0.3) is 0 Å². The van der Waals surface area contributed by atoms with Crippen molar-refractivity contribution in [1.82, 2.24) is 0 Å². The molecule has 23 heavy (non-hydrogen) atoms. The summed E-state index contributed by atoms with van der Waals surface area (Å²) in [5.74, 6) is 0.673. The molecule has 0 N–H and O–H groups in total. The third kappa shape index (κ3) is 3.50. The smallest absolute Gasteiger partial charge is 0.253 e. The maximum absolute atomic E-state index is 12.2. The van der Waals surface area contributed by atoms with Crippen LogP contribution < -0.4 is 0 Å². The zero-order valence-electron chi connectivity index (χ0n) is 13.4. The molecule has 0 saturated heterocycles. The molecule has 0 bridgehead atoms. The molecule has 0 radical (unpaired) electrons. The first-order valence-electron chi connectivity index (χ1n) is 7.76. The largest absolute Gasteiger partial charge is 0.481 e. The number of ether oxygens (including phenoxy) is 1. The molecule has 1 aliphatic rings. The quantitative estimate of drug-likeness (QED) is 0.793. The molecule has 2 aromatic rings. The van der Waals surface area contributed by atoms with Crippen LogP contribution in [0.5, 0.6) is 0 Å². The lowest BCUT2D eigenvalue weighted by Crippen LogP contribution is -2.18. The van der Waals surface area contributed by atoms with Crippen LogP contribution in [0, 0.1) is 6.92 Å². The number of carbonyl (C=O) groups is 1. The third-order valence-corrected chi connectivity index (χ3v) is 4.81. The van der Waals surface area contributed by atoms with E-state index in [0.29, 0.717) is 5.76 Å². The molecule has 1 aliphatic heterocycles. The van der Waals surface area contributed by atoms with E-state index in [1.807, 2.05) is 36.4 Å². The molecule has 118 valence electrons. The maximum Gasteiger partial charge on any atom is 0.253 e. The standard InChI is InChI=1S/C20H20O2S/c1-14-8-6-7-11-17(14)18-12-16(15-9-4-3-5-10-15)13-19(22-18)20(21)23-2/h3-11,13,16,18H,12H2,1-2H3/t16-,18-/m1/s1. The predicted octanol–water partition coefficient (Wildman–Crippen LogP) is 5.01. The van der Waals surface area contributed by atoms with Gasteiger partial charge in [-0.1, -0.05) is 66.4 Å². The Morgan fingerprint density at radius 1 is 1.09 bits per heavy atom. The molecular formula is C20H20O2S. The van der Waals surface area contributed by atoms with E-state index in [1.54, 1.807) is 6.26 Å². The Morgan fingerprint density at radius 3 is 2.48 bits per heavy atom. The minimum Gasteiger partial charge on any atom is -0.481 e. The Kier molecular flexibility index (Phi) is 4.87. The van der Waals surface area contributed by atoms with Gasteiger partial charge in [0, 0.05) is 5.92 Å². The van der Waals surface area contributed by atoms with Gasteiger partial charge in [0.2, 0.25) is 0 Å². The summed E-state index contributed by atoms with van der Waals surface area (Å²) in [7, 11) is 0. The van der Waals surface area contributed by atoms with Crippen molar-refractivity contribution in [2.75, 3.05) is 6.26 Å². The molecule has 3 rings (SSSR count). The lowest BCUT2D eigenvalue weighted by atomic mass is 9.87. The van der Waals surface area contributed by atoms with E-state index in [9.17, 15) is 4.79 Å². The van der Waals surface area contributed by atoms with E-state index < -0.39 is 0 Å². The Balaban J connectivity index is 1.97. The van der Waals surface area contributed by atoms with Crippen molar-refractivity contribution in [3.05, 3.63) is 83.1 Å². The summed E-state index contributed by atoms with van der Waals surface area (Å²) < 4.78 is 6.05. The molecule has 2 aromatic carbocycles. The van der Waals surface area contributed by atoms with Crippen LogP contribution >= 0.6 is 11.8 Å². The Hall–Kier alpha value is -2.00. The molecule has 2 nitrogen and oxygen atoms in total. The lowest BCUT2D eigenvalue weighted by Gasteiger charge is -2.30. The van der Waals surface area contributed by atoms with Gasteiger partial charge in [-0.25, -0.2) is 0 Å². The second-order valence-electron chi connectivity index (χ2n) is 5.74. The summed E-state index contributed by atoms with van der Waals surface area (Å²) in [4.78, 5) is 12.2. The molecule has 0 fully saturated rings. The number of benzene rings is 2. The Morgan fingerprint density at radius 2 is 1.78 bits per heavy atom. The van der Waals surface area contributed by atoms with Gasteiger partial charge in [-0.3, -0.25) is 4.79 Å². The van der Waals surface area contributed by atoms with Crippen molar-refractivity contribution in [2.24, 2.45) is 0 Å². The highest BCUT2D eigenvalue weighted by molar-refractivity contribution is 8.13. The van der Waals surface area contributed by atoms with Crippen LogP contribution in [-0.4, -0.2) is 11.4 Å². The van der Waals surface area contributed by atoms with Crippen LogP contribution in [0.2, 0.25) is 0 Å². The zero-order chi connectivity index (χ0) is 16.2. The van der Waals surface area contributed by atoms with Gasteiger partial charge in [0.25, 0.3) is 5.12 Å². The summed E-state index contributed by atoms with van der Waals surface area (Å²) in [5.41, 5.74) is 3.58. The van der Waals surface area contributed by atoms with Crippen molar-refractivity contribution >= 4 is 16.9 Å². The third-order valence-electron chi connectivity index (χ3n) is 4.24. The highest BCUT2D eigenvalue weighted by atomic mass is 32.2. The SMILES string of the molecule is CSC(=O)C1=C[C@H](c2ccccc2)C[C@H](c2ccccc2C)O1. The van der Waals surface area contributed by atoms with E-state index in [1.165, 1.54) is 22.9 Å². The highest BCUT2D eigenvalue weighted by Gasteiger charge is 2.29. The molecule has 0 aromatic heterocycles. The molecule has 1 heterocycles. The Bertz CT molecular complexity index is 721. The summed E-state index contributed by atoms with van der Waals surface area (Å²) >= 11 is 1.20. The van der Waals surface area contributed by atoms with Gasteiger partial charge in [-0.2, -0.15) is 0 Å². The van der Waals surface area contributed by atoms with Crippen molar-refractivity contribution in [1.29, 1.82) is 0 Å². The first-order chi connectivity index (χ1) is 11.2. The topological polar surface area (TPSA) is 26.3 Å². The molecule has 0 saturated carbocycles. The average molecular weight is 324 g/mol. The van der Waals surface area contributed by atoms with Crippen LogP contribution in [0.1, 0.15) is 35.1 Å². The number of allylic oxidation sites excluding steroid dienone is 1. The maximum atomic E-state index is 12.2. The fourth-order valence-corrected chi connectivity index (χ4v) is 3.33. The van der Waals surface area contributed by atoms with E-state index in [4.69, 9.17) is 4.74 Å². The number of rotatable bonds is 3. The number of hydrogen-bond donors (Lipinski definition) is 0. The van der Waals surface area contributed by atoms with Gasteiger partial charge < -0.3 is 4.74 Å². The van der Waals surface area contributed by atoms with Crippen molar-refractivity contribution < 1.29 is 9.53 Å². The minimum absolute atomic E-state index is 0.00999. The van der Waals surface area contributed by atoms with E-state index >= 15 is 0 Å². The Labute approximate surface area is 141 Å². The highest BCUT2D eigenvalue weighted by Crippen LogP contribution is 2.40. The lowest BCUT2D eigenvalue weighted by molar-refractivity contribution is -0.112. The summed E-state index contributed by atoms with van der Waals surface area (Å²) in [6.45, 7) is 2.09. The molecule has 0 unspecified atom stereocenters. The van der Waals surface area contributed by atoms with Gasteiger partial charge in [0.15, 0.2) is 5.76 Å². The first kappa shape index (κ1) is 15.9. The van der Waals surface area contributed by atoms with E-state index in [-0.39, 0.29) is 17.1 Å². The summed E-state index contributed by atoms with van der Waals surface area (Å²) in [6, 6.07) is 18.6. The van der Waals surface area contributed by atoms with Crippen LogP contribution in [-0.2, 0) is 9.53 Å². The van der Waals surface area contributed by atoms with E-state index in [0.717, 1.165) is 12.0 Å². The second kappa shape index (κ2) is 7.05. The first-order valence-corrected chi connectivity index (χ1v) is 8.98. The fraction of sp³-hybridized carbons (Fsp3) is 0.250. The van der Waals surface area contributed by atoms with Crippen LogP contribution in [0.4, 0.5) is 0 Å². The second-order valence-corrected chi connectivity index (χ2v) is 6.52. The fourth-order valence-electron chi connectivity index (χ4n) is 3.01. The molecular weight excluding hydrogens is 304 g/mol. The number of aryl methyl sites for hydroxylation is 1. The molecule has 0 amide bonds. The number of carbonyl (C=O) groups excluding carboxylic acids is 1. The summed E-state index contributed by atoms with van der Waals surface area (Å²) in [6.07, 6.45) is 4.53. The van der Waals surface area contributed by atoms with E-state index in [2.05, 4.69) is 31.2 Å². The molecule has 0 spiro atoms.